The van der Waals surface area contributed by atoms with E-state index in [-0.39, 0.29) is 6.61 Å². The van der Waals surface area contributed by atoms with Crippen LogP contribution in [-0.2, 0) is 13.2 Å². The summed E-state index contributed by atoms with van der Waals surface area (Å²) in [5, 5.41) is 8.95. The van der Waals surface area contributed by atoms with E-state index in [1.54, 1.807) is 0 Å². The van der Waals surface area contributed by atoms with E-state index in [0.717, 1.165) is 18.7 Å². The van der Waals surface area contributed by atoms with Gasteiger partial charge in [0.2, 0.25) is 0 Å². The van der Waals surface area contributed by atoms with E-state index in [1.807, 2.05) is 12.1 Å². The van der Waals surface area contributed by atoms with E-state index in [9.17, 15) is 0 Å². The molecule has 0 aromatic heterocycles. The molecule has 0 fully saturated rings. The van der Waals surface area contributed by atoms with Gasteiger partial charge in [0.05, 0.1) is 6.61 Å². The van der Waals surface area contributed by atoms with Crippen molar-refractivity contribution in [2.75, 3.05) is 13.6 Å². The van der Waals surface area contributed by atoms with Gasteiger partial charge in [0.25, 0.3) is 0 Å². The fraction of sp³-hybridized carbons (Fsp3) is 0.571. The van der Waals surface area contributed by atoms with Crippen LogP contribution in [0.2, 0.25) is 0 Å². The Kier molecular flexibility index (Phi) is 4.51. The number of nitrogens with zero attached hydrogens (tertiary/aromatic N) is 1. The van der Waals surface area contributed by atoms with Gasteiger partial charge in [0.15, 0.2) is 0 Å². The molecule has 1 aromatic carbocycles. The molecule has 0 aliphatic carbocycles. The normalized spacial score (nSPS) is 12.1. The molecule has 0 amide bonds. The Morgan fingerprint density at radius 1 is 1.06 bits per heavy atom. The number of hydrogen-bond donors (Lipinski definition) is 1. The maximum Gasteiger partial charge on any atom is 0.0681 e. The molecule has 0 atom stereocenters. The molecule has 0 spiro atoms. The molecule has 1 N–H and O–H groups in total. The summed E-state index contributed by atoms with van der Waals surface area (Å²) in [4.78, 5) is 2.33. The lowest BCUT2D eigenvalue weighted by Gasteiger charge is -2.26. The Morgan fingerprint density at radius 2 is 1.56 bits per heavy atom. The van der Waals surface area contributed by atoms with Gasteiger partial charge < -0.3 is 10.0 Å². The third kappa shape index (κ3) is 4.77. The lowest BCUT2D eigenvalue weighted by Crippen LogP contribution is -2.28. The molecule has 0 saturated carbocycles. The molecule has 2 nitrogen and oxygen atoms in total. The van der Waals surface area contributed by atoms with Gasteiger partial charge in [-0.25, -0.2) is 0 Å². The Balaban J connectivity index is 2.53. The maximum atomic E-state index is 8.95. The van der Waals surface area contributed by atoms with E-state index in [0.29, 0.717) is 5.41 Å². The molecular weight excluding hydrogens is 198 g/mol. The van der Waals surface area contributed by atoms with Gasteiger partial charge in [0, 0.05) is 13.1 Å². The predicted molar refractivity (Wildman–Crippen MR) is 68.2 cm³/mol. The van der Waals surface area contributed by atoms with Crippen molar-refractivity contribution in [3.8, 4) is 0 Å². The van der Waals surface area contributed by atoms with Crippen LogP contribution in [-0.4, -0.2) is 23.6 Å². The first-order chi connectivity index (χ1) is 7.40. The lowest BCUT2D eigenvalue weighted by atomic mass is 9.96. The topological polar surface area (TPSA) is 23.5 Å². The smallest absolute Gasteiger partial charge is 0.0681 e. The second-order valence-corrected chi connectivity index (χ2v) is 5.71. The van der Waals surface area contributed by atoms with Crippen LogP contribution in [0.5, 0.6) is 0 Å². The largest absolute Gasteiger partial charge is 0.392 e. The SMILES string of the molecule is CN(Cc1ccc(CO)cc1)CC(C)(C)C. The van der Waals surface area contributed by atoms with Gasteiger partial charge in [-0.05, 0) is 23.6 Å². The summed E-state index contributed by atoms with van der Waals surface area (Å²) in [6, 6.07) is 8.15. The highest BCUT2D eigenvalue weighted by atomic mass is 16.3. The van der Waals surface area contributed by atoms with Crippen LogP contribution < -0.4 is 0 Å². The molecule has 16 heavy (non-hydrogen) atoms. The zero-order valence-electron chi connectivity index (χ0n) is 10.8. The average Bonchev–Trinajstić information content (AvgIpc) is 2.16. The zero-order chi connectivity index (χ0) is 12.2. The molecule has 0 unspecified atom stereocenters. The molecular formula is C14H23NO. The Bertz CT molecular complexity index is 311. The minimum atomic E-state index is 0.123. The summed E-state index contributed by atoms with van der Waals surface area (Å²) in [5.41, 5.74) is 2.60. The van der Waals surface area contributed by atoms with E-state index in [4.69, 9.17) is 5.11 Å². The highest BCUT2D eigenvalue weighted by molar-refractivity contribution is 5.21. The third-order valence-electron chi connectivity index (χ3n) is 2.40. The minimum absolute atomic E-state index is 0.123. The van der Waals surface area contributed by atoms with Crippen molar-refractivity contribution in [3.05, 3.63) is 35.4 Å². The molecule has 1 aromatic rings. The quantitative estimate of drug-likeness (QED) is 0.845. The number of aliphatic hydroxyl groups is 1. The van der Waals surface area contributed by atoms with Crippen molar-refractivity contribution in [2.24, 2.45) is 5.41 Å². The summed E-state index contributed by atoms with van der Waals surface area (Å²) < 4.78 is 0. The molecule has 0 aliphatic rings. The van der Waals surface area contributed by atoms with E-state index in [1.165, 1.54) is 5.56 Å². The molecule has 0 heterocycles. The first-order valence-electron chi connectivity index (χ1n) is 5.78. The third-order valence-corrected chi connectivity index (χ3v) is 2.40. The summed E-state index contributed by atoms with van der Waals surface area (Å²) in [5.74, 6) is 0. The van der Waals surface area contributed by atoms with Crippen molar-refractivity contribution < 1.29 is 5.11 Å². The van der Waals surface area contributed by atoms with E-state index < -0.39 is 0 Å². The molecule has 90 valence electrons. The summed E-state index contributed by atoms with van der Waals surface area (Å²) >= 11 is 0. The number of aliphatic hydroxyl groups excluding tert-OH is 1. The van der Waals surface area contributed by atoms with Gasteiger partial charge in [0.1, 0.15) is 0 Å². The average molecular weight is 221 g/mol. The number of rotatable bonds is 4. The van der Waals surface area contributed by atoms with Crippen LogP contribution in [0.4, 0.5) is 0 Å². The van der Waals surface area contributed by atoms with Crippen LogP contribution in [0, 0.1) is 5.41 Å². The predicted octanol–water partition coefficient (Wildman–Crippen LogP) is 2.66. The Morgan fingerprint density at radius 3 is 2.00 bits per heavy atom. The van der Waals surface area contributed by atoms with Crippen LogP contribution in [0.25, 0.3) is 0 Å². The minimum Gasteiger partial charge on any atom is -0.392 e. The first-order valence-corrected chi connectivity index (χ1v) is 5.78. The molecule has 0 aliphatic heterocycles. The molecule has 1 rings (SSSR count). The summed E-state index contributed by atoms with van der Waals surface area (Å²) in [6.45, 7) is 8.91. The van der Waals surface area contributed by atoms with Gasteiger partial charge >= 0.3 is 0 Å². The van der Waals surface area contributed by atoms with E-state index >= 15 is 0 Å². The number of hydrogen-bond acceptors (Lipinski definition) is 2. The van der Waals surface area contributed by atoms with Gasteiger partial charge in [-0.3, -0.25) is 0 Å². The Hall–Kier alpha value is -0.860. The lowest BCUT2D eigenvalue weighted by molar-refractivity contribution is 0.221. The summed E-state index contributed by atoms with van der Waals surface area (Å²) in [7, 11) is 2.14. The van der Waals surface area contributed by atoms with Crippen molar-refractivity contribution in [3.63, 3.8) is 0 Å². The second-order valence-electron chi connectivity index (χ2n) is 5.71. The van der Waals surface area contributed by atoms with Crippen LogP contribution in [0.3, 0.4) is 0 Å². The fourth-order valence-electron chi connectivity index (χ4n) is 1.93. The molecule has 2 heteroatoms. The van der Waals surface area contributed by atoms with Crippen molar-refractivity contribution in [1.82, 2.24) is 4.90 Å². The van der Waals surface area contributed by atoms with Crippen molar-refractivity contribution >= 4 is 0 Å². The molecule has 0 bridgehead atoms. The van der Waals surface area contributed by atoms with Gasteiger partial charge in [-0.1, -0.05) is 45.0 Å². The number of benzene rings is 1. The first kappa shape index (κ1) is 13.2. The van der Waals surface area contributed by atoms with Crippen molar-refractivity contribution in [2.45, 2.75) is 33.9 Å². The highest BCUT2D eigenvalue weighted by Gasteiger charge is 2.13. The maximum absolute atomic E-state index is 8.95. The second kappa shape index (κ2) is 5.46. The highest BCUT2D eigenvalue weighted by Crippen LogP contribution is 2.16. The summed E-state index contributed by atoms with van der Waals surface area (Å²) in [6.07, 6.45) is 0. The van der Waals surface area contributed by atoms with E-state index in [2.05, 4.69) is 44.9 Å². The monoisotopic (exact) mass is 221 g/mol. The van der Waals surface area contributed by atoms with Crippen LogP contribution in [0.1, 0.15) is 31.9 Å². The van der Waals surface area contributed by atoms with Crippen LogP contribution >= 0.6 is 0 Å². The van der Waals surface area contributed by atoms with Crippen molar-refractivity contribution in [1.29, 1.82) is 0 Å². The Labute approximate surface area is 98.9 Å². The van der Waals surface area contributed by atoms with Crippen LogP contribution in [0.15, 0.2) is 24.3 Å². The van der Waals surface area contributed by atoms with Gasteiger partial charge in [-0.2, -0.15) is 0 Å². The molecule has 0 saturated heterocycles. The van der Waals surface area contributed by atoms with Gasteiger partial charge in [-0.15, -0.1) is 0 Å². The molecule has 0 radical (unpaired) electrons. The standard InChI is InChI=1S/C14H23NO/c1-14(2,3)11-15(4)9-12-5-7-13(10-16)8-6-12/h5-8,16H,9-11H2,1-4H3. The zero-order valence-corrected chi connectivity index (χ0v) is 10.8. The fourth-order valence-corrected chi connectivity index (χ4v) is 1.93.